The third-order valence-corrected chi connectivity index (χ3v) is 4.54. The van der Waals surface area contributed by atoms with Gasteiger partial charge in [0.1, 0.15) is 0 Å². The van der Waals surface area contributed by atoms with Gasteiger partial charge in [0, 0.05) is 29.9 Å². The number of aromatic nitrogens is 2. The molecule has 0 radical (unpaired) electrons. The molecule has 5 heteroatoms. The van der Waals surface area contributed by atoms with Gasteiger partial charge in [-0.15, -0.1) is 11.3 Å². The number of hydrogen-bond donors (Lipinski definition) is 0. The molecule has 0 atom stereocenters. The van der Waals surface area contributed by atoms with E-state index in [1.165, 1.54) is 28.2 Å². The molecule has 0 amide bonds. The monoisotopic (exact) mass is 313 g/mol. The van der Waals surface area contributed by atoms with Gasteiger partial charge in [-0.3, -0.25) is 9.20 Å². The molecular formula is C17H19N3OS. The summed E-state index contributed by atoms with van der Waals surface area (Å²) < 4.78 is 1.58. The molecule has 3 rings (SSSR count). The number of fused-ring (bicyclic) bond motifs is 1. The van der Waals surface area contributed by atoms with Crippen LogP contribution in [0.4, 0.5) is 5.69 Å². The van der Waals surface area contributed by atoms with Crippen LogP contribution in [0, 0.1) is 13.8 Å². The molecule has 0 aliphatic rings. The Balaban J connectivity index is 1.95. The average Bonchev–Trinajstić information content (AvgIpc) is 2.94. The minimum absolute atomic E-state index is 0.0158. The highest BCUT2D eigenvalue weighted by Crippen LogP contribution is 2.22. The van der Waals surface area contributed by atoms with Crippen LogP contribution in [0.5, 0.6) is 0 Å². The molecule has 0 fully saturated rings. The van der Waals surface area contributed by atoms with Crippen LogP contribution in [0.15, 0.2) is 40.6 Å². The molecule has 0 bridgehead atoms. The van der Waals surface area contributed by atoms with Gasteiger partial charge in [0.05, 0.1) is 12.2 Å². The molecule has 114 valence electrons. The zero-order valence-electron chi connectivity index (χ0n) is 13.0. The first-order chi connectivity index (χ1) is 10.6. The maximum atomic E-state index is 12.1. The Labute approximate surface area is 133 Å². The predicted octanol–water partition coefficient (Wildman–Crippen LogP) is 3.40. The molecule has 0 unspecified atom stereocenters. The van der Waals surface area contributed by atoms with E-state index in [2.05, 4.69) is 48.9 Å². The standard InChI is InChI=1S/C17H19N3OS/c1-4-19(15-6-5-12(2)9-13(15)3)11-14-10-16(21)20-7-8-22-17(20)18-14/h5-10H,4,11H2,1-3H3. The smallest absolute Gasteiger partial charge is 0.258 e. The van der Waals surface area contributed by atoms with E-state index in [9.17, 15) is 4.79 Å². The second-order valence-electron chi connectivity index (χ2n) is 5.45. The molecule has 0 aliphatic heterocycles. The van der Waals surface area contributed by atoms with E-state index >= 15 is 0 Å². The van der Waals surface area contributed by atoms with Gasteiger partial charge in [-0.1, -0.05) is 17.7 Å². The zero-order valence-corrected chi connectivity index (χ0v) is 13.9. The van der Waals surface area contributed by atoms with Crippen molar-refractivity contribution in [1.82, 2.24) is 9.38 Å². The first-order valence-electron chi connectivity index (χ1n) is 7.36. The number of thiazole rings is 1. The fourth-order valence-electron chi connectivity index (χ4n) is 2.69. The second-order valence-corrected chi connectivity index (χ2v) is 6.32. The minimum Gasteiger partial charge on any atom is -0.366 e. The lowest BCUT2D eigenvalue weighted by molar-refractivity contribution is 0.802. The third-order valence-electron chi connectivity index (χ3n) is 3.78. The van der Waals surface area contributed by atoms with Crippen molar-refractivity contribution in [3.8, 4) is 0 Å². The maximum absolute atomic E-state index is 12.1. The van der Waals surface area contributed by atoms with Crippen LogP contribution in [0.3, 0.4) is 0 Å². The second kappa shape index (κ2) is 5.93. The fourth-order valence-corrected chi connectivity index (χ4v) is 3.43. The summed E-state index contributed by atoms with van der Waals surface area (Å²) in [6, 6.07) is 8.08. The molecule has 0 aliphatic carbocycles. The zero-order chi connectivity index (χ0) is 15.7. The minimum atomic E-state index is -0.0158. The van der Waals surface area contributed by atoms with Crippen molar-refractivity contribution in [2.24, 2.45) is 0 Å². The highest BCUT2D eigenvalue weighted by molar-refractivity contribution is 7.15. The van der Waals surface area contributed by atoms with E-state index in [0.29, 0.717) is 6.54 Å². The van der Waals surface area contributed by atoms with Crippen molar-refractivity contribution in [2.45, 2.75) is 27.3 Å². The molecule has 2 aromatic heterocycles. The Morgan fingerprint density at radius 1 is 1.27 bits per heavy atom. The van der Waals surface area contributed by atoms with Gasteiger partial charge in [-0.05, 0) is 32.4 Å². The number of aryl methyl sites for hydroxylation is 2. The summed E-state index contributed by atoms with van der Waals surface area (Å²) in [5.41, 5.74) is 4.50. The van der Waals surface area contributed by atoms with Crippen molar-refractivity contribution in [3.63, 3.8) is 0 Å². The van der Waals surface area contributed by atoms with Crippen molar-refractivity contribution in [3.05, 3.63) is 63.0 Å². The molecule has 2 heterocycles. The van der Waals surface area contributed by atoms with Crippen LogP contribution >= 0.6 is 11.3 Å². The van der Waals surface area contributed by atoms with Gasteiger partial charge in [0.25, 0.3) is 5.56 Å². The fraction of sp³-hybridized carbons (Fsp3) is 0.294. The van der Waals surface area contributed by atoms with E-state index in [0.717, 1.165) is 17.2 Å². The molecule has 0 saturated carbocycles. The van der Waals surface area contributed by atoms with E-state index in [1.807, 2.05) is 5.38 Å². The quantitative estimate of drug-likeness (QED) is 0.741. The first kappa shape index (κ1) is 14.8. The average molecular weight is 313 g/mol. The number of rotatable bonds is 4. The summed E-state index contributed by atoms with van der Waals surface area (Å²) in [5.74, 6) is 0. The third kappa shape index (κ3) is 2.76. The highest BCUT2D eigenvalue weighted by Gasteiger charge is 2.11. The first-order valence-corrected chi connectivity index (χ1v) is 8.24. The van der Waals surface area contributed by atoms with Crippen molar-refractivity contribution in [2.75, 3.05) is 11.4 Å². The van der Waals surface area contributed by atoms with Crippen LogP contribution < -0.4 is 10.5 Å². The van der Waals surface area contributed by atoms with E-state index in [-0.39, 0.29) is 5.56 Å². The Kier molecular flexibility index (Phi) is 3.98. The van der Waals surface area contributed by atoms with Gasteiger partial charge in [-0.25, -0.2) is 4.98 Å². The normalized spacial score (nSPS) is 11.0. The Morgan fingerprint density at radius 3 is 2.82 bits per heavy atom. The summed E-state index contributed by atoms with van der Waals surface area (Å²) in [7, 11) is 0. The maximum Gasteiger partial charge on any atom is 0.258 e. The molecule has 22 heavy (non-hydrogen) atoms. The molecule has 1 aromatic carbocycles. The lowest BCUT2D eigenvalue weighted by Gasteiger charge is -2.24. The molecule has 0 spiro atoms. The lowest BCUT2D eigenvalue weighted by atomic mass is 10.1. The van der Waals surface area contributed by atoms with Gasteiger partial charge < -0.3 is 4.90 Å². The summed E-state index contributed by atoms with van der Waals surface area (Å²) >= 11 is 1.48. The summed E-state index contributed by atoms with van der Waals surface area (Å²) in [6.07, 6.45) is 1.76. The van der Waals surface area contributed by atoms with Gasteiger partial charge in [-0.2, -0.15) is 0 Å². The van der Waals surface area contributed by atoms with Gasteiger partial charge in [0.15, 0.2) is 4.96 Å². The van der Waals surface area contributed by atoms with Crippen LogP contribution in [0.2, 0.25) is 0 Å². The Hall–Kier alpha value is -2.14. The Morgan fingerprint density at radius 2 is 2.09 bits per heavy atom. The van der Waals surface area contributed by atoms with Crippen LogP contribution in [0.1, 0.15) is 23.7 Å². The molecule has 3 aromatic rings. The number of benzene rings is 1. The van der Waals surface area contributed by atoms with Crippen LogP contribution in [0.25, 0.3) is 4.96 Å². The van der Waals surface area contributed by atoms with E-state index in [4.69, 9.17) is 0 Å². The van der Waals surface area contributed by atoms with Crippen molar-refractivity contribution < 1.29 is 0 Å². The van der Waals surface area contributed by atoms with Crippen LogP contribution in [-0.4, -0.2) is 15.9 Å². The van der Waals surface area contributed by atoms with Crippen molar-refractivity contribution in [1.29, 1.82) is 0 Å². The van der Waals surface area contributed by atoms with E-state index < -0.39 is 0 Å². The predicted molar refractivity (Wildman–Crippen MR) is 92.0 cm³/mol. The Bertz CT molecular complexity index is 866. The van der Waals surface area contributed by atoms with Gasteiger partial charge >= 0.3 is 0 Å². The van der Waals surface area contributed by atoms with Crippen LogP contribution in [-0.2, 0) is 6.54 Å². The number of hydrogen-bond acceptors (Lipinski definition) is 4. The number of nitrogens with zero attached hydrogens (tertiary/aromatic N) is 3. The lowest BCUT2D eigenvalue weighted by Crippen LogP contribution is -2.25. The van der Waals surface area contributed by atoms with Crippen molar-refractivity contribution >= 4 is 22.0 Å². The molecular weight excluding hydrogens is 294 g/mol. The summed E-state index contributed by atoms with van der Waals surface area (Å²) in [4.78, 5) is 19.7. The summed E-state index contributed by atoms with van der Waals surface area (Å²) in [5, 5.41) is 1.88. The SMILES string of the molecule is CCN(Cc1cc(=O)n2ccsc2n1)c1ccc(C)cc1C. The largest absolute Gasteiger partial charge is 0.366 e. The topological polar surface area (TPSA) is 37.6 Å². The van der Waals surface area contributed by atoms with E-state index in [1.54, 1.807) is 16.7 Å². The van der Waals surface area contributed by atoms with Gasteiger partial charge in [0.2, 0.25) is 0 Å². The summed E-state index contributed by atoms with van der Waals surface area (Å²) in [6.45, 7) is 7.85. The highest BCUT2D eigenvalue weighted by atomic mass is 32.1. The number of anilines is 1. The molecule has 4 nitrogen and oxygen atoms in total. The molecule has 0 N–H and O–H groups in total. The molecule has 0 saturated heterocycles.